The van der Waals surface area contributed by atoms with Gasteiger partial charge >= 0.3 is 0 Å². The van der Waals surface area contributed by atoms with E-state index in [4.69, 9.17) is 4.42 Å². The lowest BCUT2D eigenvalue weighted by Crippen LogP contribution is -2.46. The zero-order valence-electron chi connectivity index (χ0n) is 12.7. The van der Waals surface area contributed by atoms with Crippen molar-refractivity contribution in [2.75, 3.05) is 13.1 Å². The van der Waals surface area contributed by atoms with Crippen LogP contribution in [0.15, 0.2) is 16.7 Å². The lowest BCUT2D eigenvalue weighted by atomic mass is 9.78. The molecule has 20 heavy (non-hydrogen) atoms. The second-order valence-corrected chi connectivity index (χ2v) is 6.37. The number of piperidine rings is 1. The smallest absolute Gasteiger partial charge is 0.122 e. The molecule has 2 aliphatic rings. The van der Waals surface area contributed by atoms with E-state index in [2.05, 4.69) is 23.2 Å². The number of nitrogens with one attached hydrogen (secondary N) is 1. The summed E-state index contributed by atoms with van der Waals surface area (Å²) in [5, 5.41) is 3.41. The van der Waals surface area contributed by atoms with E-state index in [1.54, 1.807) is 0 Å². The van der Waals surface area contributed by atoms with E-state index in [9.17, 15) is 0 Å². The van der Waals surface area contributed by atoms with Crippen molar-refractivity contribution in [2.45, 2.75) is 64.6 Å². The van der Waals surface area contributed by atoms with E-state index in [1.807, 2.05) is 6.26 Å². The third-order valence-electron chi connectivity index (χ3n) is 5.11. The second kappa shape index (κ2) is 6.77. The van der Waals surface area contributed by atoms with Gasteiger partial charge in [-0.1, -0.05) is 19.8 Å². The van der Waals surface area contributed by atoms with Gasteiger partial charge in [0.15, 0.2) is 0 Å². The summed E-state index contributed by atoms with van der Waals surface area (Å²) >= 11 is 0. The van der Waals surface area contributed by atoms with E-state index >= 15 is 0 Å². The maximum atomic E-state index is 5.76. The van der Waals surface area contributed by atoms with E-state index in [-0.39, 0.29) is 0 Å². The number of nitrogens with zero attached hydrogens (tertiary/aromatic N) is 1. The van der Waals surface area contributed by atoms with Gasteiger partial charge in [-0.3, -0.25) is 4.90 Å². The molecule has 3 rings (SSSR count). The molecule has 1 aromatic rings. The zero-order chi connectivity index (χ0) is 13.8. The molecule has 0 amide bonds. The third kappa shape index (κ3) is 3.09. The normalized spacial score (nSPS) is 27.4. The van der Waals surface area contributed by atoms with Crippen molar-refractivity contribution < 1.29 is 4.42 Å². The molecule has 0 radical (unpaired) electrons. The van der Waals surface area contributed by atoms with E-state index < -0.39 is 0 Å². The Labute approximate surface area is 122 Å². The quantitative estimate of drug-likeness (QED) is 0.891. The summed E-state index contributed by atoms with van der Waals surface area (Å²) in [7, 11) is 0. The van der Waals surface area contributed by atoms with Gasteiger partial charge in [0.25, 0.3) is 0 Å². The van der Waals surface area contributed by atoms with Crippen LogP contribution in [0.4, 0.5) is 0 Å². The fraction of sp³-hybridized carbons (Fsp3) is 0.765. The van der Waals surface area contributed by atoms with Gasteiger partial charge in [-0.2, -0.15) is 0 Å². The second-order valence-electron chi connectivity index (χ2n) is 6.37. The average molecular weight is 276 g/mol. The van der Waals surface area contributed by atoms with Gasteiger partial charge in [-0.25, -0.2) is 0 Å². The van der Waals surface area contributed by atoms with Crippen molar-refractivity contribution in [3.63, 3.8) is 0 Å². The number of likely N-dealkylation sites (tertiary alicyclic amines) is 1. The number of rotatable bonds is 5. The van der Waals surface area contributed by atoms with Crippen molar-refractivity contribution in [3.8, 4) is 0 Å². The highest BCUT2D eigenvalue weighted by molar-refractivity contribution is 5.17. The molecule has 1 aliphatic carbocycles. The first-order chi connectivity index (χ1) is 9.88. The number of hydrogen-bond acceptors (Lipinski definition) is 3. The van der Waals surface area contributed by atoms with Crippen LogP contribution in [0.5, 0.6) is 0 Å². The molecule has 2 unspecified atom stereocenters. The molecule has 1 saturated heterocycles. The van der Waals surface area contributed by atoms with Crippen LogP contribution in [0.3, 0.4) is 0 Å². The summed E-state index contributed by atoms with van der Waals surface area (Å²) in [6.07, 6.45) is 10.4. The molecule has 0 aromatic carbocycles. The van der Waals surface area contributed by atoms with E-state index in [0.717, 1.165) is 31.6 Å². The summed E-state index contributed by atoms with van der Waals surface area (Å²) < 4.78 is 5.76. The molecule has 3 heteroatoms. The summed E-state index contributed by atoms with van der Waals surface area (Å²) in [6.45, 7) is 6.36. The van der Waals surface area contributed by atoms with Crippen LogP contribution in [0, 0.1) is 5.92 Å². The molecule has 2 heterocycles. The molecule has 0 spiro atoms. The lowest BCUT2D eigenvalue weighted by Gasteiger charge is -2.44. The van der Waals surface area contributed by atoms with Crippen LogP contribution < -0.4 is 5.32 Å². The summed E-state index contributed by atoms with van der Waals surface area (Å²) in [6, 6.07) is 2.94. The minimum absolute atomic E-state index is 0.814. The maximum absolute atomic E-state index is 5.76. The first-order valence-corrected chi connectivity index (χ1v) is 8.38. The minimum atomic E-state index is 0.814. The van der Waals surface area contributed by atoms with Crippen LogP contribution in [0.2, 0.25) is 0 Å². The molecule has 3 nitrogen and oxygen atoms in total. The van der Waals surface area contributed by atoms with Gasteiger partial charge in [0.2, 0.25) is 0 Å². The Morgan fingerprint density at radius 3 is 3.00 bits per heavy atom. The van der Waals surface area contributed by atoms with Gasteiger partial charge in [-0.05, 0) is 50.8 Å². The third-order valence-corrected chi connectivity index (χ3v) is 5.11. The Bertz CT molecular complexity index is 413. The molecule has 1 aromatic heterocycles. The van der Waals surface area contributed by atoms with Crippen LogP contribution >= 0.6 is 0 Å². The minimum Gasteiger partial charge on any atom is -0.468 e. The van der Waals surface area contributed by atoms with Crippen LogP contribution in [-0.2, 0) is 13.1 Å². The SMILES string of the molecule is CCNCc1ccoc1CN1CCCC2CCCCC21. The van der Waals surface area contributed by atoms with Crippen molar-refractivity contribution >= 4 is 0 Å². The Kier molecular flexibility index (Phi) is 4.79. The van der Waals surface area contributed by atoms with Crippen LogP contribution in [0.1, 0.15) is 56.8 Å². The number of hydrogen-bond donors (Lipinski definition) is 1. The van der Waals surface area contributed by atoms with E-state index in [0.29, 0.717) is 0 Å². The van der Waals surface area contributed by atoms with E-state index in [1.165, 1.54) is 56.4 Å². The van der Waals surface area contributed by atoms with Gasteiger partial charge in [0.1, 0.15) is 5.76 Å². The van der Waals surface area contributed by atoms with Gasteiger partial charge in [0, 0.05) is 18.2 Å². The predicted molar refractivity (Wildman–Crippen MR) is 81.5 cm³/mol. The fourth-order valence-corrected chi connectivity index (χ4v) is 4.03. The predicted octanol–water partition coefficient (Wildman–Crippen LogP) is 3.54. The summed E-state index contributed by atoms with van der Waals surface area (Å²) in [5.41, 5.74) is 1.34. The van der Waals surface area contributed by atoms with Crippen LogP contribution in [0.25, 0.3) is 0 Å². The van der Waals surface area contributed by atoms with Crippen molar-refractivity contribution in [2.24, 2.45) is 5.92 Å². The first kappa shape index (κ1) is 14.2. The van der Waals surface area contributed by atoms with Gasteiger partial charge < -0.3 is 9.73 Å². The maximum Gasteiger partial charge on any atom is 0.122 e. The molecule has 2 atom stereocenters. The monoisotopic (exact) mass is 276 g/mol. The standard InChI is InChI=1S/C17H28N2O/c1-2-18-12-15-9-11-20-17(15)13-19-10-5-7-14-6-3-4-8-16(14)19/h9,11,14,16,18H,2-8,10,12-13H2,1H3. The van der Waals surface area contributed by atoms with Crippen LogP contribution in [-0.4, -0.2) is 24.0 Å². The molecular weight excluding hydrogens is 248 g/mol. The summed E-state index contributed by atoms with van der Waals surface area (Å²) in [5.74, 6) is 2.13. The lowest BCUT2D eigenvalue weighted by molar-refractivity contribution is 0.0492. The highest BCUT2D eigenvalue weighted by atomic mass is 16.3. The van der Waals surface area contributed by atoms with Crippen molar-refractivity contribution in [1.29, 1.82) is 0 Å². The Balaban J connectivity index is 1.65. The molecule has 1 N–H and O–H groups in total. The summed E-state index contributed by atoms with van der Waals surface area (Å²) in [4.78, 5) is 2.70. The van der Waals surface area contributed by atoms with Gasteiger partial charge in [-0.15, -0.1) is 0 Å². The Morgan fingerprint density at radius 1 is 1.25 bits per heavy atom. The number of fused-ring (bicyclic) bond motifs is 1. The van der Waals surface area contributed by atoms with Crippen molar-refractivity contribution in [1.82, 2.24) is 10.2 Å². The molecule has 0 bridgehead atoms. The highest BCUT2D eigenvalue weighted by Gasteiger charge is 2.33. The molecular formula is C17H28N2O. The first-order valence-electron chi connectivity index (χ1n) is 8.38. The zero-order valence-corrected chi connectivity index (χ0v) is 12.7. The largest absolute Gasteiger partial charge is 0.468 e. The Morgan fingerprint density at radius 2 is 2.10 bits per heavy atom. The topological polar surface area (TPSA) is 28.4 Å². The number of furan rings is 1. The highest BCUT2D eigenvalue weighted by Crippen LogP contribution is 2.36. The molecule has 112 valence electrons. The fourth-order valence-electron chi connectivity index (χ4n) is 4.03. The molecule has 2 fully saturated rings. The van der Waals surface area contributed by atoms with Crippen molar-refractivity contribution in [3.05, 3.63) is 23.7 Å². The molecule has 1 saturated carbocycles. The Hall–Kier alpha value is -0.800. The van der Waals surface area contributed by atoms with Gasteiger partial charge in [0.05, 0.1) is 12.8 Å². The molecule has 1 aliphatic heterocycles. The average Bonchev–Trinajstić information content (AvgIpc) is 2.93.